The standard InChI is InChI=1S/C40H46FN7O3/c1-25-21-47(22-26(2)43-25)23-28-10-12-29(13-11-28)30-7-5-8-34(18-30)51-40-35(19-31(41)20-42-40)38(49)44-32-14-16-33(17-15-32)45-39(50)36-24-48-27(3)6-4-9-37(48)46-36/h4-13,18-20,25-26,32-33,36,43H,14-17,21-24H2,1-3H3,(H,44,49)(H,45,50)/t25-,26+,32-,33+,36?. The fourth-order valence-corrected chi connectivity index (χ4v) is 7.59. The van der Waals surface area contributed by atoms with E-state index in [-0.39, 0.29) is 29.4 Å². The first-order chi connectivity index (χ1) is 24.7. The highest BCUT2D eigenvalue weighted by atomic mass is 19.1. The smallest absolute Gasteiger partial charge is 0.257 e. The molecule has 7 rings (SSSR count). The van der Waals surface area contributed by atoms with E-state index in [0.717, 1.165) is 67.4 Å². The minimum Gasteiger partial charge on any atom is -0.438 e. The Morgan fingerprint density at radius 2 is 1.67 bits per heavy atom. The Morgan fingerprint density at radius 1 is 0.941 bits per heavy atom. The summed E-state index contributed by atoms with van der Waals surface area (Å²) in [6, 6.07) is 17.7. The van der Waals surface area contributed by atoms with Crippen molar-refractivity contribution in [3.8, 4) is 22.8 Å². The van der Waals surface area contributed by atoms with Crippen LogP contribution in [0.2, 0.25) is 0 Å². The van der Waals surface area contributed by atoms with Crippen molar-refractivity contribution in [3.63, 3.8) is 0 Å². The van der Waals surface area contributed by atoms with Gasteiger partial charge in [0.25, 0.3) is 5.91 Å². The third-order valence-electron chi connectivity index (χ3n) is 10.1. The molecule has 2 amide bonds. The number of halogens is 1. The fourth-order valence-electron chi connectivity index (χ4n) is 7.59. The molecule has 1 aliphatic carbocycles. The van der Waals surface area contributed by atoms with Gasteiger partial charge in [0.1, 0.15) is 29.0 Å². The van der Waals surface area contributed by atoms with E-state index in [1.54, 1.807) is 6.07 Å². The molecule has 266 valence electrons. The van der Waals surface area contributed by atoms with Gasteiger partial charge in [-0.15, -0.1) is 0 Å². The first kappa shape index (κ1) is 34.6. The summed E-state index contributed by atoms with van der Waals surface area (Å²) in [5, 5.41) is 9.79. The summed E-state index contributed by atoms with van der Waals surface area (Å²) in [6.07, 6.45) is 9.73. The van der Waals surface area contributed by atoms with Crippen LogP contribution in [0.4, 0.5) is 4.39 Å². The molecule has 3 aromatic rings. The molecule has 1 saturated carbocycles. The predicted molar refractivity (Wildman–Crippen MR) is 196 cm³/mol. The zero-order valence-corrected chi connectivity index (χ0v) is 29.4. The Hall–Kier alpha value is -4.87. The summed E-state index contributed by atoms with van der Waals surface area (Å²) in [7, 11) is 0. The van der Waals surface area contributed by atoms with E-state index in [9.17, 15) is 14.0 Å². The van der Waals surface area contributed by atoms with Crippen LogP contribution in [0.5, 0.6) is 11.6 Å². The summed E-state index contributed by atoms with van der Waals surface area (Å²) >= 11 is 0. The number of carbonyl (C=O) groups is 2. The number of amidine groups is 1. The van der Waals surface area contributed by atoms with Gasteiger partial charge >= 0.3 is 0 Å². The van der Waals surface area contributed by atoms with E-state index >= 15 is 0 Å². The number of nitrogens with one attached hydrogen (secondary N) is 3. The minimum atomic E-state index is -0.620. The lowest BCUT2D eigenvalue weighted by molar-refractivity contribution is -0.123. The largest absolute Gasteiger partial charge is 0.438 e. The van der Waals surface area contributed by atoms with Gasteiger partial charge in [0.2, 0.25) is 11.8 Å². The van der Waals surface area contributed by atoms with Crippen LogP contribution in [0.15, 0.2) is 89.7 Å². The van der Waals surface area contributed by atoms with Crippen LogP contribution in [0.1, 0.15) is 62.4 Å². The third-order valence-corrected chi connectivity index (χ3v) is 10.1. The second kappa shape index (κ2) is 15.2. The van der Waals surface area contributed by atoms with Gasteiger partial charge in [0.05, 0.1) is 12.7 Å². The van der Waals surface area contributed by atoms with E-state index in [0.29, 0.717) is 37.2 Å². The maximum atomic E-state index is 14.4. The van der Waals surface area contributed by atoms with Gasteiger partial charge in [-0.05, 0) is 93.5 Å². The highest BCUT2D eigenvalue weighted by molar-refractivity contribution is 6.00. The highest BCUT2D eigenvalue weighted by Crippen LogP contribution is 2.30. The van der Waals surface area contributed by atoms with E-state index in [4.69, 9.17) is 4.74 Å². The van der Waals surface area contributed by atoms with Gasteiger partial charge in [0.15, 0.2) is 0 Å². The number of ether oxygens (including phenoxy) is 1. The minimum absolute atomic E-state index is 0.00808. The number of amides is 2. The van der Waals surface area contributed by atoms with Gasteiger partial charge in [-0.25, -0.2) is 9.37 Å². The summed E-state index contributed by atoms with van der Waals surface area (Å²) < 4.78 is 20.5. The molecule has 10 nitrogen and oxygen atoms in total. The summed E-state index contributed by atoms with van der Waals surface area (Å²) in [5.41, 5.74) is 4.37. The molecule has 0 spiro atoms. The van der Waals surface area contributed by atoms with E-state index < -0.39 is 17.8 Å². The predicted octanol–water partition coefficient (Wildman–Crippen LogP) is 5.58. The molecule has 1 aromatic heterocycles. The molecule has 4 heterocycles. The topological polar surface area (TPSA) is 111 Å². The van der Waals surface area contributed by atoms with Gasteiger partial charge < -0.3 is 25.6 Å². The number of hydrogen-bond acceptors (Lipinski definition) is 8. The van der Waals surface area contributed by atoms with E-state index in [1.807, 2.05) is 43.4 Å². The number of carbonyl (C=O) groups excluding carboxylic acids is 2. The second-order valence-electron chi connectivity index (χ2n) is 14.3. The first-order valence-electron chi connectivity index (χ1n) is 18.0. The van der Waals surface area contributed by atoms with Crippen molar-refractivity contribution in [2.45, 2.75) is 83.2 Å². The number of aromatic nitrogens is 1. The van der Waals surface area contributed by atoms with Crippen LogP contribution < -0.4 is 20.7 Å². The molecule has 3 aliphatic heterocycles. The normalized spacial score (nSPS) is 24.7. The lowest BCUT2D eigenvalue weighted by Crippen LogP contribution is -2.53. The number of rotatable bonds is 9. The van der Waals surface area contributed by atoms with Crippen molar-refractivity contribution in [3.05, 3.63) is 102 Å². The number of aliphatic imine (C=N–C) groups is 1. The van der Waals surface area contributed by atoms with E-state index in [1.165, 1.54) is 5.56 Å². The van der Waals surface area contributed by atoms with Gasteiger partial charge in [-0.3, -0.25) is 19.5 Å². The van der Waals surface area contributed by atoms with Crippen molar-refractivity contribution >= 4 is 17.6 Å². The zero-order valence-electron chi connectivity index (χ0n) is 29.4. The maximum absolute atomic E-state index is 14.4. The third kappa shape index (κ3) is 8.37. The SMILES string of the molecule is CC1=CC=CC2=NC(C(=O)N[C@H]3CC[C@@H](NC(=O)c4cc(F)cnc4Oc4cccc(-c5ccc(CN6C[C@@H](C)N[C@@H](C)C6)cc5)c4)CC3)CN12. The number of pyridine rings is 1. The Balaban J connectivity index is 0.935. The molecule has 3 N–H and O–H groups in total. The van der Waals surface area contributed by atoms with Crippen LogP contribution in [0.3, 0.4) is 0 Å². The zero-order chi connectivity index (χ0) is 35.5. The Kier molecular flexibility index (Phi) is 10.3. The molecule has 1 saturated heterocycles. The number of allylic oxidation sites excluding steroid dienone is 3. The van der Waals surface area contributed by atoms with Gasteiger partial charge in [-0.1, -0.05) is 42.5 Å². The number of fused-ring (bicyclic) bond motifs is 1. The summed E-state index contributed by atoms with van der Waals surface area (Å²) in [5.74, 6) is 0.214. The lowest BCUT2D eigenvalue weighted by Gasteiger charge is -2.36. The van der Waals surface area contributed by atoms with Crippen LogP contribution >= 0.6 is 0 Å². The quantitative estimate of drug-likeness (QED) is 0.269. The molecule has 11 heteroatoms. The molecule has 0 bridgehead atoms. The highest BCUT2D eigenvalue weighted by Gasteiger charge is 2.33. The summed E-state index contributed by atoms with van der Waals surface area (Å²) in [4.78, 5) is 39.7. The molecule has 2 fully saturated rings. The molecule has 51 heavy (non-hydrogen) atoms. The molecule has 2 aromatic carbocycles. The molecular formula is C40H46FN7O3. The van der Waals surface area contributed by atoms with Crippen LogP contribution in [-0.4, -0.2) is 82.3 Å². The van der Waals surface area contributed by atoms with Crippen molar-refractivity contribution in [2.75, 3.05) is 19.6 Å². The Labute approximate surface area is 298 Å². The number of nitrogens with zero attached hydrogens (tertiary/aromatic N) is 4. The van der Waals surface area contributed by atoms with Crippen molar-refractivity contribution in [1.82, 2.24) is 30.7 Å². The second-order valence-corrected chi connectivity index (χ2v) is 14.3. The van der Waals surface area contributed by atoms with Crippen LogP contribution in [0.25, 0.3) is 11.1 Å². The van der Waals surface area contributed by atoms with Crippen LogP contribution in [0, 0.1) is 5.82 Å². The molecular weight excluding hydrogens is 645 g/mol. The molecule has 0 radical (unpaired) electrons. The monoisotopic (exact) mass is 691 g/mol. The maximum Gasteiger partial charge on any atom is 0.257 e. The number of hydrogen-bond donors (Lipinski definition) is 3. The molecule has 1 unspecified atom stereocenters. The fraction of sp³-hybridized carbons (Fsp3) is 0.400. The van der Waals surface area contributed by atoms with Gasteiger partial charge in [0, 0.05) is 49.5 Å². The number of piperazine rings is 1. The van der Waals surface area contributed by atoms with E-state index in [2.05, 4.69) is 73.8 Å². The Morgan fingerprint density at radius 3 is 2.39 bits per heavy atom. The number of benzene rings is 2. The van der Waals surface area contributed by atoms with Crippen molar-refractivity contribution in [2.24, 2.45) is 4.99 Å². The average Bonchev–Trinajstić information content (AvgIpc) is 3.56. The molecule has 3 atom stereocenters. The first-order valence-corrected chi connectivity index (χ1v) is 18.0. The van der Waals surface area contributed by atoms with Gasteiger partial charge in [-0.2, -0.15) is 0 Å². The lowest BCUT2D eigenvalue weighted by atomic mass is 9.90. The molecule has 4 aliphatic rings. The summed E-state index contributed by atoms with van der Waals surface area (Å²) in [6.45, 7) is 9.95. The van der Waals surface area contributed by atoms with Crippen molar-refractivity contribution < 1.29 is 18.7 Å². The Bertz CT molecular complexity index is 1840. The van der Waals surface area contributed by atoms with Crippen molar-refractivity contribution in [1.29, 1.82) is 0 Å². The van der Waals surface area contributed by atoms with Crippen LogP contribution in [-0.2, 0) is 11.3 Å². The average molecular weight is 692 g/mol.